The Morgan fingerprint density at radius 2 is 1.79 bits per heavy atom. The number of amides is 1. The molecule has 1 N–H and O–H groups in total. The van der Waals surface area contributed by atoms with Crippen LogP contribution in [0.15, 0.2) is 53.0 Å². The van der Waals surface area contributed by atoms with Gasteiger partial charge in [0.2, 0.25) is 10.0 Å². The molecule has 2 aromatic carbocycles. The highest BCUT2D eigenvalue weighted by atomic mass is 79.9. The predicted octanol–water partition coefficient (Wildman–Crippen LogP) is 5.35. The first-order valence-electron chi connectivity index (χ1n) is 10.8. The minimum Gasteiger partial charge on any atom is -0.438 e. The molecule has 0 saturated carbocycles. The molecule has 9 heteroatoms. The third-order valence-electron chi connectivity index (χ3n) is 6.04. The van der Waals surface area contributed by atoms with Crippen LogP contribution >= 0.6 is 15.9 Å². The zero-order valence-electron chi connectivity index (χ0n) is 19.3. The molecular formula is C24H30BrFN2O4S. The highest BCUT2D eigenvalue weighted by Crippen LogP contribution is 2.44. The predicted molar refractivity (Wildman–Crippen MR) is 130 cm³/mol. The second kappa shape index (κ2) is 9.72. The van der Waals surface area contributed by atoms with E-state index in [2.05, 4.69) is 20.7 Å². The first-order chi connectivity index (χ1) is 15.3. The smallest absolute Gasteiger partial charge is 0.411 e. The van der Waals surface area contributed by atoms with E-state index in [1.807, 2.05) is 45.0 Å². The number of carbonyl (C=O) groups is 1. The number of sulfonamides is 1. The molecule has 2 atom stereocenters. The summed E-state index contributed by atoms with van der Waals surface area (Å²) in [7, 11) is -3.37. The summed E-state index contributed by atoms with van der Waals surface area (Å²) in [5.41, 5.74) is 0.156. The van der Waals surface area contributed by atoms with Crippen LogP contribution in [0.5, 0.6) is 0 Å². The first-order valence-corrected chi connectivity index (χ1v) is 13.4. The van der Waals surface area contributed by atoms with Crippen molar-refractivity contribution in [3.8, 4) is 0 Å². The van der Waals surface area contributed by atoms with Gasteiger partial charge >= 0.3 is 6.09 Å². The molecule has 180 valence electrons. The number of carbonyl (C=O) groups excluding carboxylic acids is 1. The maximum absolute atomic E-state index is 13.6. The van der Waals surface area contributed by atoms with Crippen molar-refractivity contribution in [3.05, 3.63) is 69.9 Å². The van der Waals surface area contributed by atoms with Crippen molar-refractivity contribution < 1.29 is 22.3 Å². The fraction of sp³-hybridized carbons (Fsp3) is 0.458. The Balaban J connectivity index is 1.87. The summed E-state index contributed by atoms with van der Waals surface area (Å²) in [6.07, 6.45) is 1.53. The molecule has 1 saturated heterocycles. The Morgan fingerprint density at radius 1 is 1.18 bits per heavy atom. The zero-order chi connectivity index (χ0) is 24.4. The van der Waals surface area contributed by atoms with Gasteiger partial charge in [0.1, 0.15) is 11.4 Å². The number of rotatable bonds is 8. The van der Waals surface area contributed by atoms with Crippen LogP contribution in [-0.2, 0) is 20.4 Å². The van der Waals surface area contributed by atoms with Crippen molar-refractivity contribution in [1.82, 2.24) is 9.62 Å². The number of hydrogen-bond acceptors (Lipinski definition) is 4. The Morgan fingerprint density at radius 3 is 2.33 bits per heavy atom. The van der Waals surface area contributed by atoms with Crippen LogP contribution in [0.3, 0.4) is 0 Å². The summed E-state index contributed by atoms with van der Waals surface area (Å²) in [6, 6.07) is 13.6. The second-order valence-corrected chi connectivity index (χ2v) is 12.2. The molecule has 1 fully saturated rings. The molecular weight excluding hydrogens is 511 g/mol. The lowest BCUT2D eigenvalue weighted by molar-refractivity contribution is -0.0819. The van der Waals surface area contributed by atoms with Gasteiger partial charge in [-0.05, 0) is 54.2 Å². The Labute approximate surface area is 203 Å². The van der Waals surface area contributed by atoms with Crippen molar-refractivity contribution in [1.29, 1.82) is 0 Å². The van der Waals surface area contributed by atoms with E-state index >= 15 is 0 Å². The van der Waals surface area contributed by atoms with Gasteiger partial charge in [0.05, 0.1) is 12.3 Å². The zero-order valence-corrected chi connectivity index (χ0v) is 21.7. The fourth-order valence-electron chi connectivity index (χ4n) is 4.29. The molecule has 6 nitrogen and oxygen atoms in total. The van der Waals surface area contributed by atoms with Crippen LogP contribution in [-0.4, -0.2) is 38.8 Å². The Bertz CT molecular complexity index is 1090. The highest BCUT2D eigenvalue weighted by Gasteiger charge is 2.46. The third kappa shape index (κ3) is 6.55. The van der Waals surface area contributed by atoms with Crippen LogP contribution in [0.4, 0.5) is 9.18 Å². The largest absolute Gasteiger partial charge is 0.438 e. The van der Waals surface area contributed by atoms with Gasteiger partial charge in [-0.1, -0.05) is 54.0 Å². The van der Waals surface area contributed by atoms with E-state index in [4.69, 9.17) is 4.74 Å². The topological polar surface area (TPSA) is 75.7 Å². The lowest BCUT2D eigenvalue weighted by Crippen LogP contribution is -2.51. The van der Waals surface area contributed by atoms with Gasteiger partial charge in [-0.2, -0.15) is 0 Å². The third-order valence-corrected chi connectivity index (χ3v) is 7.24. The molecule has 0 bridgehead atoms. The van der Waals surface area contributed by atoms with Gasteiger partial charge in [0, 0.05) is 24.0 Å². The van der Waals surface area contributed by atoms with E-state index in [9.17, 15) is 17.6 Å². The standard InChI is InChI=1S/C24H30BrFN2O4S/c1-17(18-5-9-20(25)10-6-18)28-14-13-24(32-22(28)29,19-7-11-21(26)12-8-19)15-23(2,3)16-27-33(4,30)31/h5-12,17,27H,13-16H2,1-4H3/t17-,24+/m0/s1. The second-order valence-electron chi connectivity index (χ2n) is 9.47. The van der Waals surface area contributed by atoms with Gasteiger partial charge in [-0.3, -0.25) is 0 Å². The molecule has 1 amide bonds. The number of nitrogens with zero attached hydrogens (tertiary/aromatic N) is 1. The number of cyclic esters (lactones) is 1. The Hall–Kier alpha value is -1.97. The summed E-state index contributed by atoms with van der Waals surface area (Å²) >= 11 is 3.43. The normalized spacial score (nSPS) is 20.4. The van der Waals surface area contributed by atoms with E-state index in [-0.39, 0.29) is 18.4 Å². The van der Waals surface area contributed by atoms with E-state index < -0.39 is 27.1 Å². The Kier molecular flexibility index (Phi) is 7.55. The maximum atomic E-state index is 13.6. The lowest BCUT2D eigenvalue weighted by atomic mass is 9.74. The molecule has 1 heterocycles. The minimum absolute atomic E-state index is 0.184. The van der Waals surface area contributed by atoms with Gasteiger partial charge in [-0.15, -0.1) is 0 Å². The van der Waals surface area contributed by atoms with Crippen molar-refractivity contribution in [2.45, 2.75) is 45.3 Å². The summed E-state index contributed by atoms with van der Waals surface area (Å²) < 4.78 is 46.5. The average molecular weight is 541 g/mol. The average Bonchev–Trinajstić information content (AvgIpc) is 2.72. The van der Waals surface area contributed by atoms with Crippen LogP contribution in [0.25, 0.3) is 0 Å². The molecule has 2 aromatic rings. The van der Waals surface area contributed by atoms with Crippen molar-refractivity contribution >= 4 is 32.0 Å². The molecule has 0 radical (unpaired) electrons. The molecule has 0 aromatic heterocycles. The monoisotopic (exact) mass is 540 g/mol. The van der Waals surface area contributed by atoms with Crippen molar-refractivity contribution in [3.63, 3.8) is 0 Å². The molecule has 0 spiro atoms. The molecule has 33 heavy (non-hydrogen) atoms. The molecule has 1 aliphatic heterocycles. The summed E-state index contributed by atoms with van der Waals surface area (Å²) in [5, 5.41) is 0. The van der Waals surface area contributed by atoms with E-state index in [1.54, 1.807) is 17.0 Å². The number of nitrogens with one attached hydrogen (secondary N) is 1. The van der Waals surface area contributed by atoms with E-state index in [0.29, 0.717) is 24.9 Å². The molecule has 1 aliphatic rings. The van der Waals surface area contributed by atoms with Gasteiger partial charge in [0.25, 0.3) is 0 Å². The van der Waals surface area contributed by atoms with E-state index in [0.717, 1.165) is 16.3 Å². The summed E-state index contributed by atoms with van der Waals surface area (Å²) in [4.78, 5) is 14.9. The van der Waals surface area contributed by atoms with Crippen LogP contribution < -0.4 is 4.72 Å². The van der Waals surface area contributed by atoms with Gasteiger partial charge < -0.3 is 9.64 Å². The molecule has 0 unspecified atom stereocenters. The van der Waals surface area contributed by atoms with Crippen molar-refractivity contribution in [2.75, 3.05) is 19.3 Å². The van der Waals surface area contributed by atoms with E-state index in [1.165, 1.54) is 12.1 Å². The molecule has 3 rings (SSSR count). The van der Waals surface area contributed by atoms with Crippen molar-refractivity contribution in [2.24, 2.45) is 5.41 Å². The minimum atomic E-state index is -3.37. The summed E-state index contributed by atoms with van der Waals surface area (Å²) in [6.45, 7) is 6.42. The quantitative estimate of drug-likeness (QED) is 0.489. The number of hydrogen-bond donors (Lipinski definition) is 1. The van der Waals surface area contributed by atoms with Crippen LogP contribution in [0.1, 0.15) is 50.8 Å². The highest BCUT2D eigenvalue weighted by molar-refractivity contribution is 9.10. The maximum Gasteiger partial charge on any atom is 0.411 e. The fourth-order valence-corrected chi connectivity index (χ4v) is 5.20. The first kappa shape index (κ1) is 25.6. The number of halogens is 2. The molecule has 0 aliphatic carbocycles. The number of benzene rings is 2. The van der Waals surface area contributed by atoms with Gasteiger partial charge in [-0.25, -0.2) is 22.3 Å². The van der Waals surface area contributed by atoms with Crippen LogP contribution in [0, 0.1) is 11.2 Å². The number of ether oxygens (including phenoxy) is 1. The van der Waals surface area contributed by atoms with Crippen LogP contribution in [0.2, 0.25) is 0 Å². The van der Waals surface area contributed by atoms with Gasteiger partial charge in [0.15, 0.2) is 0 Å². The lowest BCUT2D eigenvalue weighted by Gasteiger charge is -2.46. The summed E-state index contributed by atoms with van der Waals surface area (Å²) in [5.74, 6) is -0.375. The SMILES string of the molecule is C[C@@H](c1ccc(Br)cc1)N1CC[C@@](CC(C)(C)CNS(C)(=O)=O)(c2ccc(F)cc2)OC1=O.